The van der Waals surface area contributed by atoms with E-state index >= 15 is 0 Å². The topological polar surface area (TPSA) is 129 Å². The van der Waals surface area contributed by atoms with E-state index in [1.54, 1.807) is 12.1 Å². The minimum Gasteiger partial charge on any atom is -0.481 e. The molecule has 1 aromatic rings. The minimum atomic E-state index is -1.39. The highest BCUT2D eigenvalue weighted by atomic mass is 16.4. The van der Waals surface area contributed by atoms with E-state index in [9.17, 15) is 14.4 Å². The van der Waals surface area contributed by atoms with Crippen LogP contribution in [0, 0.1) is 0 Å². The van der Waals surface area contributed by atoms with E-state index < -0.39 is 23.6 Å². The summed E-state index contributed by atoms with van der Waals surface area (Å²) in [4.78, 5) is 36.4. The van der Waals surface area contributed by atoms with Crippen LogP contribution in [0.2, 0.25) is 0 Å². The number of rotatable bonds is 6. The van der Waals surface area contributed by atoms with Crippen LogP contribution in [0.5, 0.6) is 0 Å². The number of carboxylic acid groups (broad SMARTS) is 2. The molecule has 1 amide bonds. The van der Waals surface area contributed by atoms with Crippen LogP contribution in [0.3, 0.4) is 0 Å². The van der Waals surface area contributed by atoms with E-state index in [4.69, 9.17) is 10.2 Å². The number of hydrogen-bond donors (Lipinski definition) is 3. The Balaban J connectivity index is 2.68. The number of pyridine rings is 1. The summed E-state index contributed by atoms with van der Waals surface area (Å²) in [7, 11) is 0. The second-order valence-corrected chi connectivity index (χ2v) is 3.41. The molecule has 100 valence electrons. The predicted octanol–water partition coefficient (Wildman–Crippen LogP) is 0.117. The van der Waals surface area contributed by atoms with Crippen molar-refractivity contribution in [1.82, 2.24) is 10.4 Å². The second-order valence-electron chi connectivity index (χ2n) is 3.41. The highest BCUT2D eigenvalue weighted by Crippen LogP contribution is 1.96. The third kappa shape index (κ3) is 4.94. The molecule has 1 rings (SSSR count). The molecule has 3 N–H and O–H groups in total. The maximum Gasteiger partial charge on any atom is 0.352 e. The van der Waals surface area contributed by atoms with Gasteiger partial charge < -0.3 is 10.2 Å². The van der Waals surface area contributed by atoms with Crippen LogP contribution in [-0.4, -0.2) is 38.8 Å². The molecule has 1 aromatic heterocycles. The van der Waals surface area contributed by atoms with Gasteiger partial charge in [0, 0.05) is 12.6 Å². The lowest BCUT2D eigenvalue weighted by Gasteiger charge is -2.01. The van der Waals surface area contributed by atoms with Crippen molar-refractivity contribution in [2.45, 2.75) is 12.8 Å². The predicted molar refractivity (Wildman–Crippen MR) is 63.6 cm³/mol. The Morgan fingerprint density at radius 1 is 1.21 bits per heavy atom. The molecular formula is C11H11N3O5. The van der Waals surface area contributed by atoms with Crippen LogP contribution >= 0.6 is 0 Å². The Hall–Kier alpha value is -2.77. The molecule has 19 heavy (non-hydrogen) atoms. The zero-order valence-electron chi connectivity index (χ0n) is 9.74. The third-order valence-corrected chi connectivity index (χ3v) is 2.01. The number of nitrogens with one attached hydrogen (secondary N) is 1. The first-order valence-corrected chi connectivity index (χ1v) is 5.23. The summed E-state index contributed by atoms with van der Waals surface area (Å²) in [5.74, 6) is -3.21. The maximum absolute atomic E-state index is 11.5. The number of carboxylic acids is 2. The highest BCUT2D eigenvalue weighted by Gasteiger charge is 2.13. The Kier molecular flexibility index (Phi) is 5.15. The number of hydrogen-bond acceptors (Lipinski definition) is 5. The molecule has 0 aliphatic heterocycles. The molecule has 8 nitrogen and oxygen atoms in total. The van der Waals surface area contributed by atoms with Crippen LogP contribution in [0.15, 0.2) is 29.5 Å². The van der Waals surface area contributed by atoms with Crippen LogP contribution in [0.25, 0.3) is 0 Å². The van der Waals surface area contributed by atoms with Gasteiger partial charge in [0.2, 0.25) is 0 Å². The fourth-order valence-corrected chi connectivity index (χ4v) is 1.11. The van der Waals surface area contributed by atoms with Crippen LogP contribution < -0.4 is 5.43 Å². The summed E-state index contributed by atoms with van der Waals surface area (Å²) in [5.41, 5.74) is 1.66. The van der Waals surface area contributed by atoms with E-state index in [0.29, 0.717) is 0 Å². The average molecular weight is 265 g/mol. The number of amides is 1. The van der Waals surface area contributed by atoms with Crippen molar-refractivity contribution in [3.8, 4) is 0 Å². The van der Waals surface area contributed by atoms with Crippen molar-refractivity contribution in [2.24, 2.45) is 5.10 Å². The summed E-state index contributed by atoms with van der Waals surface area (Å²) >= 11 is 0. The number of carbonyl (C=O) groups is 3. The number of hydrazone groups is 1. The second kappa shape index (κ2) is 6.84. The first-order chi connectivity index (χ1) is 9.00. The van der Waals surface area contributed by atoms with Gasteiger partial charge in [0.25, 0.3) is 5.91 Å². The summed E-state index contributed by atoms with van der Waals surface area (Å²) in [5, 5.41) is 20.6. The van der Waals surface area contributed by atoms with Gasteiger partial charge in [0.05, 0.1) is 6.42 Å². The number of aromatic nitrogens is 1. The van der Waals surface area contributed by atoms with Gasteiger partial charge in [-0.25, -0.2) is 10.2 Å². The van der Waals surface area contributed by atoms with Gasteiger partial charge in [-0.2, -0.15) is 5.10 Å². The molecule has 0 saturated carbocycles. The molecule has 0 aliphatic carbocycles. The third-order valence-electron chi connectivity index (χ3n) is 2.01. The van der Waals surface area contributed by atoms with E-state index in [0.717, 1.165) is 0 Å². The Morgan fingerprint density at radius 2 is 1.95 bits per heavy atom. The summed E-state index contributed by atoms with van der Waals surface area (Å²) in [6, 6.07) is 4.65. The van der Waals surface area contributed by atoms with E-state index in [2.05, 4.69) is 10.1 Å². The molecule has 0 fully saturated rings. The molecule has 8 heteroatoms. The number of carbonyl (C=O) groups excluding carboxylic acids is 1. The number of aliphatic carboxylic acids is 2. The van der Waals surface area contributed by atoms with Crippen LogP contribution in [0.1, 0.15) is 23.3 Å². The molecule has 1 heterocycles. The van der Waals surface area contributed by atoms with Crippen LogP contribution in [0.4, 0.5) is 0 Å². The first-order valence-electron chi connectivity index (χ1n) is 5.23. The summed E-state index contributed by atoms with van der Waals surface area (Å²) in [6.45, 7) is 0. The van der Waals surface area contributed by atoms with Crippen LogP contribution in [-0.2, 0) is 9.59 Å². The SMILES string of the molecule is O=C(O)CC/C(=N/NC(=O)c1ccccn1)C(=O)O. The van der Waals surface area contributed by atoms with E-state index in [1.807, 2.05) is 5.43 Å². The maximum atomic E-state index is 11.5. The molecule has 0 saturated heterocycles. The van der Waals surface area contributed by atoms with Gasteiger partial charge in [-0.15, -0.1) is 0 Å². The van der Waals surface area contributed by atoms with Gasteiger partial charge >= 0.3 is 11.9 Å². The molecule has 0 unspecified atom stereocenters. The lowest BCUT2D eigenvalue weighted by atomic mass is 10.2. The van der Waals surface area contributed by atoms with Crippen molar-refractivity contribution in [1.29, 1.82) is 0 Å². The largest absolute Gasteiger partial charge is 0.481 e. The van der Waals surface area contributed by atoms with Crippen molar-refractivity contribution >= 4 is 23.6 Å². The summed E-state index contributed by atoms with van der Waals surface area (Å²) in [6.07, 6.45) is 0.735. The Labute approximate surface area is 107 Å². The molecule has 0 spiro atoms. The van der Waals surface area contributed by atoms with Gasteiger partial charge in [0.15, 0.2) is 0 Å². The Bertz CT molecular complexity index is 512. The minimum absolute atomic E-state index is 0.0780. The normalized spacial score (nSPS) is 10.8. The first kappa shape index (κ1) is 14.3. The fraction of sp³-hybridized carbons (Fsp3) is 0.182. The molecule has 0 radical (unpaired) electrons. The standard InChI is InChI=1S/C11H11N3O5/c15-9(16)5-4-8(11(18)19)13-14-10(17)7-3-1-2-6-12-7/h1-3,6H,4-5H2,(H,14,17)(H,15,16)(H,18,19)/b13-8-. The fourth-order valence-electron chi connectivity index (χ4n) is 1.11. The zero-order chi connectivity index (χ0) is 14.3. The molecule has 0 aromatic carbocycles. The molecule has 0 bridgehead atoms. The van der Waals surface area contributed by atoms with Gasteiger partial charge in [-0.05, 0) is 12.1 Å². The average Bonchev–Trinajstić information content (AvgIpc) is 2.38. The quantitative estimate of drug-likeness (QED) is 0.494. The molecule has 0 atom stereocenters. The van der Waals surface area contributed by atoms with Crippen molar-refractivity contribution in [3.63, 3.8) is 0 Å². The zero-order valence-corrected chi connectivity index (χ0v) is 9.74. The van der Waals surface area contributed by atoms with Crippen molar-refractivity contribution in [3.05, 3.63) is 30.1 Å². The highest BCUT2D eigenvalue weighted by molar-refractivity contribution is 6.35. The van der Waals surface area contributed by atoms with Gasteiger partial charge in [0.1, 0.15) is 11.4 Å². The Morgan fingerprint density at radius 3 is 2.47 bits per heavy atom. The number of nitrogens with zero attached hydrogens (tertiary/aromatic N) is 2. The lowest BCUT2D eigenvalue weighted by molar-refractivity contribution is -0.136. The van der Waals surface area contributed by atoms with Gasteiger partial charge in [-0.1, -0.05) is 6.07 Å². The molecule has 0 aliphatic rings. The van der Waals surface area contributed by atoms with E-state index in [-0.39, 0.29) is 18.5 Å². The van der Waals surface area contributed by atoms with E-state index in [1.165, 1.54) is 12.3 Å². The summed E-state index contributed by atoms with van der Waals surface area (Å²) < 4.78 is 0. The monoisotopic (exact) mass is 265 g/mol. The van der Waals surface area contributed by atoms with Gasteiger partial charge in [-0.3, -0.25) is 14.6 Å². The molecular weight excluding hydrogens is 254 g/mol. The van der Waals surface area contributed by atoms with Crippen molar-refractivity contribution < 1.29 is 24.6 Å². The lowest BCUT2D eigenvalue weighted by Crippen LogP contribution is -2.24. The smallest absolute Gasteiger partial charge is 0.352 e. The van der Waals surface area contributed by atoms with Crippen molar-refractivity contribution in [2.75, 3.05) is 0 Å².